The standard InChI is InChI=1S/C9H12N6O/c1-5-7(10)8(15(2)14-5)13-9(16)6-3-11-12-4-6/h3-4H,10H2,1-2H3,(H,11,12)(H,13,16). The molecule has 0 aliphatic heterocycles. The maximum Gasteiger partial charge on any atom is 0.260 e. The molecule has 0 saturated heterocycles. The Bertz CT molecular complexity index is 512. The van der Waals surface area contributed by atoms with Gasteiger partial charge in [-0.25, -0.2) is 0 Å². The summed E-state index contributed by atoms with van der Waals surface area (Å²) in [4.78, 5) is 11.7. The van der Waals surface area contributed by atoms with Crippen molar-refractivity contribution in [2.75, 3.05) is 11.1 Å². The Hall–Kier alpha value is -2.31. The Kier molecular flexibility index (Phi) is 2.35. The fourth-order valence-corrected chi connectivity index (χ4v) is 1.38. The lowest BCUT2D eigenvalue weighted by molar-refractivity contribution is 0.102. The lowest BCUT2D eigenvalue weighted by Gasteiger charge is -2.04. The van der Waals surface area contributed by atoms with Gasteiger partial charge in [-0.15, -0.1) is 0 Å². The number of amides is 1. The predicted octanol–water partition coefficient (Wildman–Crippen LogP) is 0.286. The number of nitrogen functional groups attached to an aromatic ring is 1. The van der Waals surface area contributed by atoms with Crippen LogP contribution in [-0.4, -0.2) is 25.9 Å². The van der Waals surface area contributed by atoms with Crippen LogP contribution in [0, 0.1) is 6.92 Å². The lowest BCUT2D eigenvalue weighted by Crippen LogP contribution is -2.14. The molecule has 2 aromatic heterocycles. The van der Waals surface area contributed by atoms with E-state index in [4.69, 9.17) is 5.73 Å². The average molecular weight is 220 g/mol. The van der Waals surface area contributed by atoms with Gasteiger partial charge >= 0.3 is 0 Å². The molecule has 0 aromatic carbocycles. The number of carbonyl (C=O) groups is 1. The van der Waals surface area contributed by atoms with E-state index in [1.807, 2.05) is 0 Å². The van der Waals surface area contributed by atoms with Gasteiger partial charge < -0.3 is 11.1 Å². The van der Waals surface area contributed by atoms with Crippen molar-refractivity contribution < 1.29 is 4.79 Å². The predicted molar refractivity (Wildman–Crippen MR) is 58.9 cm³/mol. The van der Waals surface area contributed by atoms with Gasteiger partial charge in [0.15, 0.2) is 5.82 Å². The van der Waals surface area contributed by atoms with Crippen molar-refractivity contribution in [2.45, 2.75) is 6.92 Å². The monoisotopic (exact) mass is 220 g/mol. The smallest absolute Gasteiger partial charge is 0.260 e. The van der Waals surface area contributed by atoms with E-state index in [2.05, 4.69) is 20.6 Å². The maximum atomic E-state index is 11.7. The third-order valence-corrected chi connectivity index (χ3v) is 2.26. The summed E-state index contributed by atoms with van der Waals surface area (Å²) >= 11 is 0. The number of hydrogen-bond donors (Lipinski definition) is 3. The first-order valence-corrected chi connectivity index (χ1v) is 4.69. The van der Waals surface area contributed by atoms with Crippen molar-refractivity contribution in [3.63, 3.8) is 0 Å². The summed E-state index contributed by atoms with van der Waals surface area (Å²) in [5, 5.41) is 13.0. The highest BCUT2D eigenvalue weighted by Gasteiger charge is 2.14. The number of hydrogen-bond acceptors (Lipinski definition) is 4. The molecule has 1 amide bonds. The Morgan fingerprint density at radius 1 is 1.62 bits per heavy atom. The van der Waals surface area contributed by atoms with Crippen LogP contribution in [-0.2, 0) is 7.05 Å². The number of H-pyrrole nitrogens is 1. The number of aromatic amines is 1. The molecular weight excluding hydrogens is 208 g/mol. The molecule has 16 heavy (non-hydrogen) atoms. The van der Waals surface area contributed by atoms with Crippen LogP contribution in [0.3, 0.4) is 0 Å². The largest absolute Gasteiger partial charge is 0.394 e. The van der Waals surface area contributed by atoms with Gasteiger partial charge in [0.05, 0.1) is 23.1 Å². The second kappa shape index (κ2) is 3.69. The number of nitrogens with one attached hydrogen (secondary N) is 2. The first-order chi connectivity index (χ1) is 7.59. The van der Waals surface area contributed by atoms with Crippen molar-refractivity contribution in [3.05, 3.63) is 23.7 Å². The fourth-order valence-electron chi connectivity index (χ4n) is 1.38. The molecule has 0 unspecified atom stereocenters. The molecule has 2 heterocycles. The molecular formula is C9H12N6O. The molecule has 2 rings (SSSR count). The summed E-state index contributed by atoms with van der Waals surface area (Å²) in [5.74, 6) is 0.215. The Morgan fingerprint density at radius 3 is 2.88 bits per heavy atom. The van der Waals surface area contributed by atoms with Crippen molar-refractivity contribution >= 4 is 17.4 Å². The molecule has 0 bridgehead atoms. The van der Waals surface area contributed by atoms with E-state index in [9.17, 15) is 4.79 Å². The molecule has 4 N–H and O–H groups in total. The summed E-state index contributed by atoms with van der Waals surface area (Å²) in [6, 6.07) is 0. The molecule has 0 aliphatic carbocycles. The van der Waals surface area contributed by atoms with Crippen molar-refractivity contribution in [1.29, 1.82) is 0 Å². The van der Waals surface area contributed by atoms with E-state index in [-0.39, 0.29) is 5.91 Å². The third kappa shape index (κ3) is 1.62. The zero-order valence-corrected chi connectivity index (χ0v) is 8.98. The van der Waals surface area contributed by atoms with Gasteiger partial charge in [0.25, 0.3) is 5.91 Å². The second-order valence-corrected chi connectivity index (χ2v) is 3.41. The second-order valence-electron chi connectivity index (χ2n) is 3.41. The number of nitrogens with two attached hydrogens (primary N) is 1. The van der Waals surface area contributed by atoms with E-state index in [1.54, 1.807) is 14.0 Å². The third-order valence-electron chi connectivity index (χ3n) is 2.26. The van der Waals surface area contributed by atoms with E-state index < -0.39 is 0 Å². The van der Waals surface area contributed by atoms with E-state index >= 15 is 0 Å². The van der Waals surface area contributed by atoms with Crippen LogP contribution in [0.4, 0.5) is 11.5 Å². The van der Waals surface area contributed by atoms with E-state index in [1.165, 1.54) is 17.1 Å². The van der Waals surface area contributed by atoms with Gasteiger partial charge in [-0.3, -0.25) is 14.6 Å². The van der Waals surface area contributed by atoms with Gasteiger partial charge in [0, 0.05) is 13.2 Å². The fraction of sp³-hybridized carbons (Fsp3) is 0.222. The number of carbonyl (C=O) groups excluding carboxylic acids is 1. The van der Waals surface area contributed by atoms with Crippen molar-refractivity contribution in [2.24, 2.45) is 7.05 Å². The minimum atomic E-state index is -0.275. The lowest BCUT2D eigenvalue weighted by atomic mass is 10.3. The molecule has 0 radical (unpaired) electrons. The van der Waals surface area contributed by atoms with Crippen LogP contribution in [0.15, 0.2) is 12.4 Å². The summed E-state index contributed by atoms with van der Waals surface area (Å²) < 4.78 is 1.53. The zero-order valence-electron chi connectivity index (χ0n) is 8.98. The molecule has 2 aromatic rings. The SMILES string of the molecule is Cc1nn(C)c(NC(=O)c2cn[nH]c2)c1N. The normalized spacial score (nSPS) is 10.4. The van der Waals surface area contributed by atoms with Crippen molar-refractivity contribution in [1.82, 2.24) is 20.0 Å². The van der Waals surface area contributed by atoms with Gasteiger partial charge in [0.2, 0.25) is 0 Å². The van der Waals surface area contributed by atoms with Crippen LogP contribution in [0.25, 0.3) is 0 Å². The highest BCUT2D eigenvalue weighted by atomic mass is 16.1. The zero-order chi connectivity index (χ0) is 11.7. The van der Waals surface area contributed by atoms with Crippen molar-refractivity contribution in [3.8, 4) is 0 Å². The Labute approximate surface area is 91.6 Å². The summed E-state index contributed by atoms with van der Waals surface area (Å²) in [6.45, 7) is 1.78. The maximum absolute atomic E-state index is 11.7. The van der Waals surface area contributed by atoms with Crippen LogP contribution >= 0.6 is 0 Å². The number of anilines is 2. The molecule has 84 valence electrons. The van der Waals surface area contributed by atoms with Crippen LogP contribution in [0.1, 0.15) is 16.1 Å². The topological polar surface area (TPSA) is 102 Å². The highest BCUT2D eigenvalue weighted by Crippen LogP contribution is 2.21. The number of nitrogens with zero attached hydrogens (tertiary/aromatic N) is 3. The number of aromatic nitrogens is 4. The van der Waals surface area contributed by atoms with Gasteiger partial charge in [0.1, 0.15) is 0 Å². The van der Waals surface area contributed by atoms with E-state index in [0.29, 0.717) is 22.8 Å². The molecule has 7 nitrogen and oxygen atoms in total. The Balaban J connectivity index is 2.25. The summed E-state index contributed by atoms with van der Waals surface area (Å²) in [6.07, 6.45) is 2.95. The number of aryl methyl sites for hydroxylation is 2. The molecule has 7 heteroatoms. The highest BCUT2D eigenvalue weighted by molar-refractivity contribution is 6.04. The van der Waals surface area contributed by atoms with Gasteiger partial charge in [-0.05, 0) is 6.92 Å². The number of rotatable bonds is 2. The Morgan fingerprint density at radius 2 is 2.38 bits per heavy atom. The minimum Gasteiger partial charge on any atom is -0.394 e. The van der Waals surface area contributed by atoms with Gasteiger partial charge in [-0.2, -0.15) is 10.2 Å². The molecule has 0 saturated carbocycles. The first kappa shape index (κ1) is 10.2. The molecule has 0 aliphatic rings. The van der Waals surface area contributed by atoms with E-state index in [0.717, 1.165) is 0 Å². The summed E-state index contributed by atoms with van der Waals surface area (Å²) in [7, 11) is 1.72. The quantitative estimate of drug-likeness (QED) is 0.676. The molecule has 0 spiro atoms. The average Bonchev–Trinajstić information content (AvgIpc) is 2.83. The minimum absolute atomic E-state index is 0.275. The molecule has 0 atom stereocenters. The first-order valence-electron chi connectivity index (χ1n) is 4.69. The summed E-state index contributed by atoms with van der Waals surface area (Å²) in [5.41, 5.74) is 7.38. The van der Waals surface area contributed by atoms with Crippen LogP contribution in [0.5, 0.6) is 0 Å². The molecule has 0 fully saturated rings. The van der Waals surface area contributed by atoms with Crippen LogP contribution < -0.4 is 11.1 Å². The van der Waals surface area contributed by atoms with Gasteiger partial charge in [-0.1, -0.05) is 0 Å². The van der Waals surface area contributed by atoms with Crippen LogP contribution in [0.2, 0.25) is 0 Å².